The molecule has 2 aromatic heterocycles. The van der Waals surface area contributed by atoms with Gasteiger partial charge in [0.05, 0.1) is 0 Å². The number of halogens is 1. The molecule has 0 aliphatic carbocycles. The predicted octanol–water partition coefficient (Wildman–Crippen LogP) is 2.20. The van der Waals surface area contributed by atoms with Gasteiger partial charge >= 0.3 is 0 Å². The Kier molecular flexibility index (Phi) is 2.10. The molecule has 0 bridgehead atoms. The van der Waals surface area contributed by atoms with Crippen LogP contribution in [-0.4, -0.2) is 15.2 Å². The van der Waals surface area contributed by atoms with Crippen LogP contribution in [-0.2, 0) is 0 Å². The number of hydrogen-bond acceptors (Lipinski definition) is 4. The largest absolute Gasteiger partial charge is 0.421 e. The average molecular weight is 240 g/mol. The topological polar surface area (TPSA) is 51.8 Å². The minimum atomic E-state index is 0.514. The maximum atomic E-state index is 5.25. The Morgan fingerprint density at radius 1 is 1.38 bits per heavy atom. The third kappa shape index (κ3) is 1.75. The highest BCUT2D eigenvalue weighted by molar-refractivity contribution is 9.10. The van der Waals surface area contributed by atoms with Gasteiger partial charge in [0, 0.05) is 18.7 Å². The molecule has 4 nitrogen and oxygen atoms in total. The molecule has 0 N–H and O–H groups in total. The van der Waals surface area contributed by atoms with Gasteiger partial charge in [0.15, 0.2) is 0 Å². The van der Waals surface area contributed by atoms with Crippen LogP contribution < -0.4 is 0 Å². The Balaban J connectivity index is 2.46. The van der Waals surface area contributed by atoms with Crippen LogP contribution in [0, 0.1) is 6.92 Å². The van der Waals surface area contributed by atoms with Crippen LogP contribution in [0.25, 0.3) is 11.5 Å². The summed E-state index contributed by atoms with van der Waals surface area (Å²) in [7, 11) is 0. The van der Waals surface area contributed by atoms with Crippen molar-refractivity contribution < 1.29 is 4.42 Å². The molecule has 0 radical (unpaired) electrons. The fourth-order valence-electron chi connectivity index (χ4n) is 0.949. The normalized spacial score (nSPS) is 10.3. The molecule has 0 saturated heterocycles. The lowest BCUT2D eigenvalue weighted by Crippen LogP contribution is -1.79. The Morgan fingerprint density at radius 3 is 2.85 bits per heavy atom. The minimum absolute atomic E-state index is 0.514. The zero-order valence-electron chi connectivity index (χ0n) is 6.86. The van der Waals surface area contributed by atoms with E-state index in [0.717, 1.165) is 10.2 Å². The van der Waals surface area contributed by atoms with Gasteiger partial charge in [0.2, 0.25) is 11.8 Å². The minimum Gasteiger partial charge on any atom is -0.421 e. The summed E-state index contributed by atoms with van der Waals surface area (Å²) >= 11 is 3.27. The van der Waals surface area contributed by atoms with Gasteiger partial charge in [0.1, 0.15) is 4.60 Å². The Hall–Kier alpha value is -1.23. The van der Waals surface area contributed by atoms with E-state index in [4.69, 9.17) is 4.42 Å². The third-order valence-electron chi connectivity index (χ3n) is 1.50. The maximum absolute atomic E-state index is 5.25. The summed E-state index contributed by atoms with van der Waals surface area (Å²) in [5, 5.41) is 7.63. The first-order valence-electron chi connectivity index (χ1n) is 3.68. The molecule has 2 aromatic rings. The second-order valence-corrected chi connectivity index (χ2v) is 3.31. The molecule has 0 fully saturated rings. The summed E-state index contributed by atoms with van der Waals surface area (Å²) in [5.41, 5.74) is 0.863. The van der Waals surface area contributed by atoms with Crippen molar-refractivity contribution in [3.63, 3.8) is 0 Å². The molecule has 66 valence electrons. The van der Waals surface area contributed by atoms with E-state index in [2.05, 4.69) is 31.1 Å². The molecule has 0 aromatic carbocycles. The predicted molar refractivity (Wildman–Crippen MR) is 50.0 cm³/mol. The summed E-state index contributed by atoms with van der Waals surface area (Å²) in [6, 6.07) is 3.64. The van der Waals surface area contributed by atoms with Crippen LogP contribution in [0.1, 0.15) is 5.89 Å². The van der Waals surface area contributed by atoms with Crippen LogP contribution in [0.15, 0.2) is 27.3 Å². The molecule has 13 heavy (non-hydrogen) atoms. The zero-order valence-corrected chi connectivity index (χ0v) is 8.45. The highest BCUT2D eigenvalue weighted by atomic mass is 79.9. The lowest BCUT2D eigenvalue weighted by atomic mass is 10.3. The molecule has 5 heteroatoms. The average Bonchev–Trinajstić information content (AvgIpc) is 2.52. The Morgan fingerprint density at radius 2 is 2.23 bits per heavy atom. The molecule has 2 rings (SSSR count). The van der Waals surface area contributed by atoms with E-state index in [0.29, 0.717) is 11.8 Å². The van der Waals surface area contributed by atoms with E-state index in [1.54, 1.807) is 13.1 Å². The van der Waals surface area contributed by atoms with E-state index in [-0.39, 0.29) is 0 Å². The fourth-order valence-corrected chi connectivity index (χ4v) is 1.31. The van der Waals surface area contributed by atoms with Crippen molar-refractivity contribution in [2.45, 2.75) is 6.92 Å². The van der Waals surface area contributed by atoms with Crippen molar-refractivity contribution in [1.82, 2.24) is 15.2 Å². The van der Waals surface area contributed by atoms with E-state index >= 15 is 0 Å². The first-order valence-corrected chi connectivity index (χ1v) is 4.47. The van der Waals surface area contributed by atoms with Crippen molar-refractivity contribution in [2.75, 3.05) is 0 Å². The molecular formula is C8H6BrN3O. The molecule has 0 spiro atoms. The SMILES string of the molecule is Cc1nnc(-c2ccnc(Br)c2)o1. The number of hydrogen-bond donors (Lipinski definition) is 0. The Bertz CT molecular complexity index is 427. The third-order valence-corrected chi connectivity index (χ3v) is 1.93. The standard InChI is InChI=1S/C8H6BrN3O/c1-5-11-12-8(13-5)6-2-3-10-7(9)4-6/h2-4H,1H3. The molecular weight excluding hydrogens is 234 g/mol. The Labute approximate surface area is 83.1 Å². The van der Waals surface area contributed by atoms with Crippen molar-refractivity contribution in [2.24, 2.45) is 0 Å². The van der Waals surface area contributed by atoms with Crippen LogP contribution in [0.3, 0.4) is 0 Å². The number of rotatable bonds is 1. The van der Waals surface area contributed by atoms with Crippen molar-refractivity contribution in [1.29, 1.82) is 0 Å². The second-order valence-electron chi connectivity index (χ2n) is 2.49. The highest BCUT2D eigenvalue weighted by Gasteiger charge is 2.05. The van der Waals surface area contributed by atoms with Gasteiger partial charge in [-0.05, 0) is 28.1 Å². The van der Waals surface area contributed by atoms with Gasteiger partial charge in [-0.25, -0.2) is 4.98 Å². The van der Waals surface area contributed by atoms with E-state index in [1.807, 2.05) is 12.1 Å². The molecule has 0 aliphatic rings. The number of pyridine rings is 1. The molecule has 0 unspecified atom stereocenters. The van der Waals surface area contributed by atoms with Crippen LogP contribution in [0.2, 0.25) is 0 Å². The van der Waals surface area contributed by atoms with E-state index in [1.165, 1.54) is 0 Å². The summed E-state index contributed by atoms with van der Waals surface area (Å²) in [6.45, 7) is 1.76. The first-order chi connectivity index (χ1) is 6.25. The number of nitrogens with zero attached hydrogens (tertiary/aromatic N) is 3. The highest BCUT2D eigenvalue weighted by Crippen LogP contribution is 2.19. The zero-order chi connectivity index (χ0) is 9.26. The summed E-state index contributed by atoms with van der Waals surface area (Å²) < 4.78 is 6.00. The number of aromatic nitrogens is 3. The lowest BCUT2D eigenvalue weighted by Gasteiger charge is -1.93. The van der Waals surface area contributed by atoms with E-state index in [9.17, 15) is 0 Å². The van der Waals surface area contributed by atoms with E-state index < -0.39 is 0 Å². The van der Waals surface area contributed by atoms with Gasteiger partial charge < -0.3 is 4.42 Å². The van der Waals surface area contributed by atoms with Crippen LogP contribution in [0.5, 0.6) is 0 Å². The first kappa shape index (κ1) is 8.37. The van der Waals surface area contributed by atoms with Crippen molar-refractivity contribution in [3.05, 3.63) is 28.8 Å². The van der Waals surface area contributed by atoms with Gasteiger partial charge in [-0.2, -0.15) is 0 Å². The van der Waals surface area contributed by atoms with Gasteiger partial charge in [-0.3, -0.25) is 0 Å². The number of aryl methyl sites for hydroxylation is 1. The fraction of sp³-hybridized carbons (Fsp3) is 0.125. The van der Waals surface area contributed by atoms with Gasteiger partial charge in [0.25, 0.3) is 0 Å². The van der Waals surface area contributed by atoms with Gasteiger partial charge in [-0.15, -0.1) is 10.2 Å². The van der Waals surface area contributed by atoms with Crippen molar-refractivity contribution in [3.8, 4) is 11.5 Å². The van der Waals surface area contributed by atoms with Crippen molar-refractivity contribution >= 4 is 15.9 Å². The van der Waals surface area contributed by atoms with Crippen LogP contribution in [0.4, 0.5) is 0 Å². The smallest absolute Gasteiger partial charge is 0.247 e. The quantitative estimate of drug-likeness (QED) is 0.717. The second kappa shape index (κ2) is 3.26. The van der Waals surface area contributed by atoms with Gasteiger partial charge in [-0.1, -0.05) is 0 Å². The summed E-state index contributed by atoms with van der Waals surface area (Å²) in [5.74, 6) is 1.07. The lowest BCUT2D eigenvalue weighted by molar-refractivity contribution is 0.532. The molecule has 0 atom stereocenters. The molecule has 2 heterocycles. The molecule has 0 saturated carbocycles. The molecule has 0 aliphatic heterocycles. The molecule has 0 amide bonds. The van der Waals surface area contributed by atoms with Crippen LogP contribution >= 0.6 is 15.9 Å². The maximum Gasteiger partial charge on any atom is 0.247 e. The monoisotopic (exact) mass is 239 g/mol. The summed E-state index contributed by atoms with van der Waals surface area (Å²) in [4.78, 5) is 4.00. The summed E-state index contributed by atoms with van der Waals surface area (Å²) in [6.07, 6.45) is 1.68.